The minimum Gasteiger partial charge on any atom is -0.496 e. The Bertz CT molecular complexity index is 1180. The van der Waals surface area contributed by atoms with Crippen molar-refractivity contribution in [1.29, 1.82) is 0 Å². The van der Waals surface area contributed by atoms with Gasteiger partial charge in [-0.3, -0.25) is 14.3 Å². The molecule has 0 saturated carbocycles. The lowest BCUT2D eigenvalue weighted by Gasteiger charge is -2.37. The third kappa shape index (κ3) is 5.93. The second-order valence-corrected chi connectivity index (χ2v) is 10.2. The van der Waals surface area contributed by atoms with Crippen LogP contribution in [-0.4, -0.2) is 91.0 Å². The average Bonchev–Trinajstić information content (AvgIpc) is 3.17. The predicted molar refractivity (Wildman–Crippen MR) is 138 cm³/mol. The summed E-state index contributed by atoms with van der Waals surface area (Å²) in [4.78, 5) is 31.6. The van der Waals surface area contributed by atoms with E-state index < -0.39 is 16.9 Å². The van der Waals surface area contributed by atoms with E-state index in [1.54, 1.807) is 16.9 Å². The zero-order valence-electron chi connectivity index (χ0n) is 20.3. The van der Waals surface area contributed by atoms with Gasteiger partial charge in [0, 0.05) is 45.3 Å². The van der Waals surface area contributed by atoms with Crippen LogP contribution in [0.2, 0.25) is 5.02 Å². The van der Waals surface area contributed by atoms with Gasteiger partial charge in [-0.15, -0.1) is 0 Å². The number of carbonyl (C=O) groups is 2. The van der Waals surface area contributed by atoms with Gasteiger partial charge in [-0.05, 0) is 35.6 Å². The number of piperazine rings is 1. The van der Waals surface area contributed by atoms with Crippen molar-refractivity contribution in [2.24, 2.45) is 0 Å². The van der Waals surface area contributed by atoms with Gasteiger partial charge in [-0.1, -0.05) is 11.6 Å². The summed E-state index contributed by atoms with van der Waals surface area (Å²) < 4.78 is 52.0. The molecule has 14 heteroatoms. The van der Waals surface area contributed by atoms with E-state index in [2.05, 4.69) is 27.7 Å². The van der Waals surface area contributed by atoms with Gasteiger partial charge >= 0.3 is 6.18 Å². The number of rotatable bonds is 5. The Hall–Kier alpha value is -2.26. The molecule has 1 aromatic carbocycles. The molecule has 0 N–H and O–H groups in total. The fourth-order valence-electron chi connectivity index (χ4n) is 4.35. The summed E-state index contributed by atoms with van der Waals surface area (Å²) in [5.41, 5.74) is 0.145. The largest absolute Gasteiger partial charge is 0.496 e. The van der Waals surface area contributed by atoms with Crippen LogP contribution in [0, 0.1) is 10.5 Å². The van der Waals surface area contributed by atoms with Gasteiger partial charge in [0.2, 0.25) is 5.91 Å². The molecule has 2 aliphatic heterocycles. The number of aromatic nitrogens is 2. The standard InChI is InChI=1S/C23H26ClF3IN5O4/c1-14-20(24)21(23(25,26)27)29-33(14)13-19(34)31-5-3-30(4-6-31)17-12-18(36-2)16(28)11-15(17)22(35)32-7-9-37-10-8-32/h11-12H,3-10,13H2,1-2H3. The topological polar surface area (TPSA) is 80.1 Å². The molecule has 0 aliphatic carbocycles. The van der Waals surface area contributed by atoms with Gasteiger partial charge in [0.25, 0.3) is 5.91 Å². The summed E-state index contributed by atoms with van der Waals surface area (Å²) >= 11 is 7.93. The highest BCUT2D eigenvalue weighted by molar-refractivity contribution is 14.1. The number of hydrogen-bond acceptors (Lipinski definition) is 6. The maximum Gasteiger partial charge on any atom is 0.436 e. The van der Waals surface area contributed by atoms with E-state index in [1.165, 1.54) is 6.92 Å². The maximum absolute atomic E-state index is 13.4. The molecule has 0 bridgehead atoms. The zero-order chi connectivity index (χ0) is 26.9. The van der Waals surface area contributed by atoms with E-state index in [0.717, 1.165) is 8.25 Å². The molecule has 0 spiro atoms. The minimum absolute atomic E-state index is 0.0817. The Morgan fingerprint density at radius 3 is 2.32 bits per heavy atom. The second-order valence-electron chi connectivity index (χ2n) is 8.68. The van der Waals surface area contributed by atoms with Crippen LogP contribution in [-0.2, 0) is 22.3 Å². The molecular formula is C23H26ClF3IN5O4. The van der Waals surface area contributed by atoms with Gasteiger partial charge < -0.3 is 24.2 Å². The van der Waals surface area contributed by atoms with Crippen LogP contribution in [0.25, 0.3) is 0 Å². The lowest BCUT2D eigenvalue weighted by atomic mass is 10.1. The van der Waals surface area contributed by atoms with Crippen molar-refractivity contribution in [3.05, 3.63) is 37.7 Å². The fourth-order valence-corrected chi connectivity index (χ4v) is 5.28. The molecule has 2 aliphatic rings. The second kappa shape index (κ2) is 11.2. The summed E-state index contributed by atoms with van der Waals surface area (Å²) in [5, 5.41) is 3.01. The monoisotopic (exact) mass is 655 g/mol. The molecule has 2 amide bonds. The molecule has 37 heavy (non-hydrogen) atoms. The van der Waals surface area contributed by atoms with Crippen molar-refractivity contribution < 1.29 is 32.2 Å². The normalized spacial score (nSPS) is 16.8. The van der Waals surface area contributed by atoms with Crippen LogP contribution in [0.5, 0.6) is 5.75 Å². The number of morpholine rings is 1. The van der Waals surface area contributed by atoms with Crippen molar-refractivity contribution in [3.63, 3.8) is 0 Å². The SMILES string of the molecule is COc1cc(N2CCN(C(=O)Cn3nc(C(F)(F)F)c(Cl)c3C)CC2)c(C(=O)N2CCOCC2)cc1I. The van der Waals surface area contributed by atoms with Crippen molar-refractivity contribution in [2.45, 2.75) is 19.6 Å². The number of amides is 2. The first-order chi connectivity index (χ1) is 17.5. The molecule has 0 atom stereocenters. The van der Waals surface area contributed by atoms with E-state index in [4.69, 9.17) is 21.1 Å². The van der Waals surface area contributed by atoms with Gasteiger partial charge in [0.15, 0.2) is 5.69 Å². The molecule has 9 nitrogen and oxygen atoms in total. The summed E-state index contributed by atoms with van der Waals surface area (Å²) in [5.74, 6) is 0.184. The van der Waals surface area contributed by atoms with Crippen LogP contribution in [0.1, 0.15) is 21.7 Å². The first-order valence-corrected chi connectivity index (χ1v) is 13.0. The van der Waals surface area contributed by atoms with Crippen LogP contribution >= 0.6 is 34.2 Å². The number of hydrogen-bond donors (Lipinski definition) is 0. The van der Waals surface area contributed by atoms with Crippen molar-refractivity contribution in [2.75, 3.05) is 64.5 Å². The lowest BCUT2D eigenvalue weighted by Crippen LogP contribution is -2.50. The smallest absolute Gasteiger partial charge is 0.436 e. The van der Waals surface area contributed by atoms with Crippen LogP contribution in [0.3, 0.4) is 0 Å². The lowest BCUT2D eigenvalue weighted by molar-refractivity contribution is -0.142. The number of carbonyl (C=O) groups excluding carboxylic acids is 2. The molecule has 2 aromatic rings. The average molecular weight is 656 g/mol. The molecule has 4 rings (SSSR count). The van der Waals surface area contributed by atoms with E-state index in [-0.39, 0.29) is 24.1 Å². The van der Waals surface area contributed by atoms with E-state index >= 15 is 0 Å². The Morgan fingerprint density at radius 1 is 1.11 bits per heavy atom. The van der Waals surface area contributed by atoms with Crippen molar-refractivity contribution in [1.82, 2.24) is 19.6 Å². The summed E-state index contributed by atoms with van der Waals surface area (Å²) in [6, 6.07) is 3.65. The molecule has 202 valence electrons. The summed E-state index contributed by atoms with van der Waals surface area (Å²) in [6.45, 7) is 4.58. The van der Waals surface area contributed by atoms with Gasteiger partial charge in [-0.2, -0.15) is 18.3 Å². The van der Waals surface area contributed by atoms with Gasteiger partial charge in [0.1, 0.15) is 12.3 Å². The summed E-state index contributed by atoms with van der Waals surface area (Å²) in [6.07, 6.45) is -4.70. The molecule has 0 radical (unpaired) electrons. The Kier molecular flexibility index (Phi) is 8.43. The molecule has 1 aromatic heterocycles. The minimum atomic E-state index is -4.70. The van der Waals surface area contributed by atoms with E-state index in [0.29, 0.717) is 69.5 Å². The maximum atomic E-state index is 13.4. The number of nitrogens with zero attached hydrogens (tertiary/aromatic N) is 5. The molecule has 2 fully saturated rings. The van der Waals surface area contributed by atoms with Crippen LogP contribution in [0.15, 0.2) is 12.1 Å². The zero-order valence-corrected chi connectivity index (χ0v) is 23.2. The van der Waals surface area contributed by atoms with E-state index in [9.17, 15) is 22.8 Å². The number of methoxy groups -OCH3 is 1. The molecule has 3 heterocycles. The molecular weight excluding hydrogens is 630 g/mol. The quantitative estimate of drug-likeness (QED) is 0.461. The Labute approximate surface area is 230 Å². The van der Waals surface area contributed by atoms with Crippen LogP contribution < -0.4 is 9.64 Å². The fraction of sp³-hybridized carbons (Fsp3) is 0.522. The molecule has 2 saturated heterocycles. The number of benzene rings is 1. The van der Waals surface area contributed by atoms with Gasteiger partial charge in [0.05, 0.1) is 45.9 Å². The summed E-state index contributed by atoms with van der Waals surface area (Å²) in [7, 11) is 1.56. The predicted octanol–water partition coefficient (Wildman–Crippen LogP) is 3.30. The van der Waals surface area contributed by atoms with Gasteiger partial charge in [-0.25, -0.2) is 0 Å². The third-order valence-electron chi connectivity index (χ3n) is 6.46. The van der Waals surface area contributed by atoms with E-state index in [1.807, 2.05) is 17.0 Å². The van der Waals surface area contributed by atoms with Crippen LogP contribution in [0.4, 0.5) is 18.9 Å². The number of halogens is 5. The number of ether oxygens (including phenoxy) is 2. The van der Waals surface area contributed by atoms with Crippen molar-refractivity contribution in [3.8, 4) is 5.75 Å². The Balaban J connectivity index is 1.48. The number of anilines is 1. The highest BCUT2D eigenvalue weighted by Gasteiger charge is 2.38. The molecule has 0 unspecified atom stereocenters. The number of alkyl halides is 3. The first-order valence-electron chi connectivity index (χ1n) is 11.6. The van der Waals surface area contributed by atoms with Crippen molar-refractivity contribution >= 4 is 51.7 Å². The first kappa shape index (κ1) is 27.8. The highest BCUT2D eigenvalue weighted by atomic mass is 127. The Morgan fingerprint density at radius 2 is 1.76 bits per heavy atom. The highest BCUT2D eigenvalue weighted by Crippen LogP contribution is 2.36. The third-order valence-corrected chi connectivity index (χ3v) is 7.75.